The summed E-state index contributed by atoms with van der Waals surface area (Å²) in [5.74, 6) is 0.169. The molecule has 1 fully saturated rings. The molecule has 1 aromatic rings. The van der Waals surface area contributed by atoms with E-state index in [9.17, 15) is 4.79 Å². The maximum Gasteiger partial charge on any atom is 0.166 e. The van der Waals surface area contributed by atoms with E-state index in [1.807, 2.05) is 7.05 Å². The Labute approximate surface area is 95.6 Å². The number of rotatable bonds is 4. The average molecular weight is 222 g/mol. The highest BCUT2D eigenvalue weighted by molar-refractivity contribution is 5.95. The van der Waals surface area contributed by atoms with Crippen molar-refractivity contribution in [3.8, 4) is 0 Å². The van der Waals surface area contributed by atoms with E-state index in [2.05, 4.69) is 5.10 Å². The van der Waals surface area contributed by atoms with Crippen molar-refractivity contribution in [3.05, 3.63) is 18.0 Å². The first-order valence-corrected chi connectivity index (χ1v) is 5.89. The predicted molar refractivity (Wildman–Crippen MR) is 60.4 cm³/mol. The minimum absolute atomic E-state index is 0.169. The number of aryl methyl sites for hydroxylation is 1. The normalized spacial score (nSPS) is 20.9. The fourth-order valence-electron chi connectivity index (χ4n) is 2.04. The van der Waals surface area contributed by atoms with Gasteiger partial charge in [0, 0.05) is 26.3 Å². The second kappa shape index (κ2) is 5.25. The molecule has 0 spiro atoms. The van der Waals surface area contributed by atoms with Crippen molar-refractivity contribution >= 4 is 5.78 Å². The summed E-state index contributed by atoms with van der Waals surface area (Å²) in [5, 5.41) is 4.00. The zero-order chi connectivity index (χ0) is 11.4. The van der Waals surface area contributed by atoms with E-state index >= 15 is 0 Å². The second-order valence-electron chi connectivity index (χ2n) is 4.35. The summed E-state index contributed by atoms with van der Waals surface area (Å²) in [6, 6.07) is 0. The van der Waals surface area contributed by atoms with Crippen molar-refractivity contribution < 1.29 is 9.53 Å². The van der Waals surface area contributed by atoms with Crippen molar-refractivity contribution in [3.63, 3.8) is 0 Å². The van der Waals surface area contributed by atoms with Crippen LogP contribution in [0.25, 0.3) is 0 Å². The molecule has 0 aromatic carbocycles. The Morgan fingerprint density at radius 2 is 2.50 bits per heavy atom. The molecule has 16 heavy (non-hydrogen) atoms. The lowest BCUT2D eigenvalue weighted by molar-refractivity contribution is 0.0104. The largest absolute Gasteiger partial charge is 0.378 e. The van der Waals surface area contributed by atoms with Gasteiger partial charge >= 0.3 is 0 Å². The highest BCUT2D eigenvalue weighted by Gasteiger charge is 2.16. The van der Waals surface area contributed by atoms with Gasteiger partial charge in [-0.2, -0.15) is 5.10 Å². The lowest BCUT2D eigenvalue weighted by Crippen LogP contribution is -2.19. The van der Waals surface area contributed by atoms with Gasteiger partial charge in [-0.25, -0.2) is 0 Å². The molecule has 0 amide bonds. The Balaban J connectivity index is 1.79. The summed E-state index contributed by atoms with van der Waals surface area (Å²) >= 11 is 0. The van der Waals surface area contributed by atoms with Crippen LogP contribution in [0.3, 0.4) is 0 Å². The molecule has 4 nitrogen and oxygen atoms in total. The Hall–Kier alpha value is -1.16. The Morgan fingerprint density at radius 3 is 3.12 bits per heavy atom. The zero-order valence-electron chi connectivity index (χ0n) is 9.69. The van der Waals surface area contributed by atoms with Crippen molar-refractivity contribution in [1.29, 1.82) is 0 Å². The summed E-state index contributed by atoms with van der Waals surface area (Å²) in [7, 11) is 1.82. The van der Waals surface area contributed by atoms with Crippen LogP contribution in [0.5, 0.6) is 0 Å². The van der Waals surface area contributed by atoms with E-state index in [0.717, 1.165) is 25.9 Å². The third-order valence-electron chi connectivity index (χ3n) is 2.99. The van der Waals surface area contributed by atoms with Crippen molar-refractivity contribution in [2.45, 2.75) is 38.2 Å². The molecule has 2 rings (SSSR count). The molecule has 1 aliphatic heterocycles. The van der Waals surface area contributed by atoms with Crippen LogP contribution in [-0.4, -0.2) is 28.3 Å². The van der Waals surface area contributed by atoms with E-state index in [4.69, 9.17) is 4.74 Å². The van der Waals surface area contributed by atoms with Crippen molar-refractivity contribution in [2.75, 3.05) is 6.61 Å². The van der Waals surface area contributed by atoms with Gasteiger partial charge in [0.05, 0.1) is 17.9 Å². The van der Waals surface area contributed by atoms with Gasteiger partial charge in [-0.05, 0) is 25.7 Å². The van der Waals surface area contributed by atoms with E-state index in [0.29, 0.717) is 12.0 Å². The lowest BCUT2D eigenvalue weighted by atomic mass is 10.0. The van der Waals surface area contributed by atoms with Crippen molar-refractivity contribution in [2.24, 2.45) is 7.05 Å². The summed E-state index contributed by atoms with van der Waals surface area (Å²) < 4.78 is 7.25. The van der Waals surface area contributed by atoms with Crippen LogP contribution in [0.2, 0.25) is 0 Å². The summed E-state index contributed by atoms with van der Waals surface area (Å²) in [4.78, 5) is 11.8. The lowest BCUT2D eigenvalue weighted by Gasteiger charge is -2.21. The third-order valence-corrected chi connectivity index (χ3v) is 2.99. The molecule has 1 aromatic heterocycles. The molecule has 1 aliphatic rings. The topological polar surface area (TPSA) is 44.1 Å². The third kappa shape index (κ3) is 2.92. The summed E-state index contributed by atoms with van der Waals surface area (Å²) in [5.41, 5.74) is 0.707. The first-order chi connectivity index (χ1) is 7.75. The van der Waals surface area contributed by atoms with Gasteiger partial charge in [-0.3, -0.25) is 9.48 Å². The van der Waals surface area contributed by atoms with Gasteiger partial charge in [0.1, 0.15) is 0 Å². The standard InChI is InChI=1S/C12H18N2O2/c1-14-9-10(8-13-14)12(15)6-5-11-4-2-3-7-16-11/h8-9,11H,2-7H2,1H3. The molecule has 0 aliphatic carbocycles. The molecule has 2 heterocycles. The number of aromatic nitrogens is 2. The predicted octanol–water partition coefficient (Wildman–Crippen LogP) is 1.95. The number of ether oxygens (including phenoxy) is 1. The Bertz CT molecular complexity index is 354. The van der Waals surface area contributed by atoms with Crippen LogP contribution < -0.4 is 0 Å². The first kappa shape index (κ1) is 11.3. The minimum Gasteiger partial charge on any atom is -0.378 e. The highest BCUT2D eigenvalue weighted by Crippen LogP contribution is 2.18. The van der Waals surface area contributed by atoms with Crippen LogP contribution in [0.15, 0.2) is 12.4 Å². The summed E-state index contributed by atoms with van der Waals surface area (Å²) in [6.07, 6.45) is 8.58. The molecule has 0 N–H and O–H groups in total. The van der Waals surface area contributed by atoms with Crippen LogP contribution in [-0.2, 0) is 11.8 Å². The maximum absolute atomic E-state index is 11.8. The first-order valence-electron chi connectivity index (χ1n) is 5.89. The number of nitrogens with zero attached hydrogens (tertiary/aromatic N) is 2. The molecule has 1 unspecified atom stereocenters. The molecule has 0 saturated carbocycles. The van der Waals surface area contributed by atoms with E-state index in [-0.39, 0.29) is 11.9 Å². The van der Waals surface area contributed by atoms with Gasteiger partial charge in [-0.15, -0.1) is 0 Å². The van der Waals surface area contributed by atoms with Crippen LogP contribution >= 0.6 is 0 Å². The molecule has 1 atom stereocenters. The number of Topliss-reactive ketones (excluding diaryl/α,β-unsaturated/α-hetero) is 1. The minimum atomic E-state index is 0.169. The molecule has 88 valence electrons. The SMILES string of the molecule is Cn1cc(C(=O)CCC2CCCCO2)cn1. The average Bonchev–Trinajstić information content (AvgIpc) is 2.74. The van der Waals surface area contributed by atoms with E-state index in [1.54, 1.807) is 17.1 Å². The monoisotopic (exact) mass is 222 g/mol. The molecule has 1 saturated heterocycles. The quantitative estimate of drug-likeness (QED) is 0.731. The molecular weight excluding hydrogens is 204 g/mol. The number of carbonyl (C=O) groups excluding carboxylic acids is 1. The fraction of sp³-hybridized carbons (Fsp3) is 0.667. The Kier molecular flexibility index (Phi) is 3.72. The summed E-state index contributed by atoms with van der Waals surface area (Å²) in [6.45, 7) is 0.853. The number of hydrogen-bond acceptors (Lipinski definition) is 3. The number of carbonyl (C=O) groups is 1. The van der Waals surface area contributed by atoms with Crippen LogP contribution in [0.1, 0.15) is 42.5 Å². The molecule has 0 bridgehead atoms. The van der Waals surface area contributed by atoms with Gasteiger partial charge in [0.2, 0.25) is 0 Å². The zero-order valence-corrected chi connectivity index (χ0v) is 9.69. The van der Waals surface area contributed by atoms with Crippen LogP contribution in [0.4, 0.5) is 0 Å². The molecule has 0 radical (unpaired) electrons. The maximum atomic E-state index is 11.8. The van der Waals surface area contributed by atoms with Crippen LogP contribution in [0, 0.1) is 0 Å². The number of ketones is 1. The highest BCUT2D eigenvalue weighted by atomic mass is 16.5. The van der Waals surface area contributed by atoms with Gasteiger partial charge in [-0.1, -0.05) is 0 Å². The smallest absolute Gasteiger partial charge is 0.166 e. The van der Waals surface area contributed by atoms with Gasteiger partial charge in [0.25, 0.3) is 0 Å². The second-order valence-corrected chi connectivity index (χ2v) is 4.35. The van der Waals surface area contributed by atoms with Crippen molar-refractivity contribution in [1.82, 2.24) is 9.78 Å². The fourth-order valence-corrected chi connectivity index (χ4v) is 2.04. The van der Waals surface area contributed by atoms with Gasteiger partial charge < -0.3 is 4.74 Å². The molecular formula is C12H18N2O2. The Morgan fingerprint density at radius 1 is 1.62 bits per heavy atom. The molecule has 4 heteroatoms. The van der Waals surface area contributed by atoms with E-state index in [1.165, 1.54) is 6.42 Å². The van der Waals surface area contributed by atoms with E-state index < -0.39 is 0 Å². The van der Waals surface area contributed by atoms with Gasteiger partial charge in [0.15, 0.2) is 5.78 Å². The number of hydrogen-bond donors (Lipinski definition) is 0.